The fourth-order valence-electron chi connectivity index (χ4n) is 5.04. The second kappa shape index (κ2) is 14.2. The fraction of sp³-hybridized carbons (Fsp3) is 0.448. The number of hydrogen-bond donors (Lipinski definition) is 4. The minimum absolute atomic E-state index is 0.100. The molecule has 3 aromatic rings. The van der Waals surface area contributed by atoms with Gasteiger partial charge < -0.3 is 10.6 Å². The maximum absolute atomic E-state index is 14.4. The Kier molecular flexibility index (Phi) is 10.4. The Balaban J connectivity index is 1.54. The van der Waals surface area contributed by atoms with Gasteiger partial charge in [-0.3, -0.25) is 29.8 Å². The van der Waals surface area contributed by atoms with Gasteiger partial charge in [-0.15, -0.1) is 0 Å². The van der Waals surface area contributed by atoms with E-state index >= 15 is 0 Å². The van der Waals surface area contributed by atoms with Gasteiger partial charge in [0.2, 0.25) is 11.7 Å². The first-order valence-electron chi connectivity index (χ1n) is 14.0. The molecule has 42 heavy (non-hydrogen) atoms. The highest BCUT2D eigenvalue weighted by atomic mass is 19.4. The standard InChI is InChI=1S/C29H34F3N7O3/c1-2-6-22(25(40)28(42)36-21-8-3-4-9-21)38-27(41)23(15-24-34-17-35-39-24)37-26(29(30,31)32)19-12-10-18(11-13-19)20-7-5-14-33-16-20/h5,7,10-14,16-17,21-23,26,37H,2-4,6,8-9,15H2,1H3,(H,36,42)(H,38,41)(H,34,35,39)/t22-,23-,26-/m0/s1. The SMILES string of the molecule is CCC[C@H](NC(=O)[C@H](Cc1nc[nH]n1)N[C@@H](c1ccc(-c2cccnc2)cc1)C(F)(F)F)C(=O)C(=O)NC1CCCC1. The molecule has 2 heterocycles. The van der Waals surface area contributed by atoms with E-state index < -0.39 is 41.9 Å². The first kappa shape index (κ1) is 30.8. The van der Waals surface area contributed by atoms with Crippen LogP contribution in [0.4, 0.5) is 13.2 Å². The van der Waals surface area contributed by atoms with E-state index in [9.17, 15) is 27.6 Å². The lowest BCUT2D eigenvalue weighted by atomic mass is 9.99. The van der Waals surface area contributed by atoms with Crippen LogP contribution in [-0.4, -0.2) is 62.1 Å². The van der Waals surface area contributed by atoms with Crippen LogP contribution in [0.3, 0.4) is 0 Å². The molecule has 0 spiro atoms. The van der Waals surface area contributed by atoms with Crippen molar-refractivity contribution < 1.29 is 27.6 Å². The van der Waals surface area contributed by atoms with Gasteiger partial charge in [0.25, 0.3) is 5.91 Å². The number of nitrogens with one attached hydrogen (secondary N) is 4. The molecule has 10 nitrogen and oxygen atoms in total. The number of carbonyl (C=O) groups excluding carboxylic acids is 3. The highest BCUT2D eigenvalue weighted by Crippen LogP contribution is 2.34. The number of rotatable bonds is 13. The normalized spacial score (nSPS) is 16.0. The van der Waals surface area contributed by atoms with Crippen LogP contribution in [0, 0.1) is 0 Å². The summed E-state index contributed by atoms with van der Waals surface area (Å²) in [4.78, 5) is 47.1. The van der Waals surface area contributed by atoms with Crippen LogP contribution < -0.4 is 16.0 Å². The summed E-state index contributed by atoms with van der Waals surface area (Å²) in [5, 5.41) is 14.0. The van der Waals surface area contributed by atoms with Crippen LogP contribution in [0.5, 0.6) is 0 Å². The number of aromatic amines is 1. The first-order chi connectivity index (χ1) is 20.2. The van der Waals surface area contributed by atoms with E-state index in [1.54, 1.807) is 43.6 Å². The van der Waals surface area contributed by atoms with Crippen molar-refractivity contribution >= 4 is 17.6 Å². The largest absolute Gasteiger partial charge is 0.407 e. The smallest absolute Gasteiger partial charge is 0.347 e. The van der Waals surface area contributed by atoms with Gasteiger partial charge in [0.15, 0.2) is 5.82 Å². The third kappa shape index (κ3) is 8.21. The number of benzene rings is 1. The van der Waals surface area contributed by atoms with Crippen molar-refractivity contribution in [2.45, 2.75) is 82.2 Å². The second-order valence-corrected chi connectivity index (χ2v) is 10.3. The van der Waals surface area contributed by atoms with E-state index in [2.05, 4.69) is 36.1 Å². The Labute approximate surface area is 241 Å². The summed E-state index contributed by atoms with van der Waals surface area (Å²) in [5.74, 6) is -2.40. The molecule has 4 N–H and O–H groups in total. The molecule has 0 aliphatic heterocycles. The lowest BCUT2D eigenvalue weighted by Gasteiger charge is -2.28. The number of halogens is 3. The van der Waals surface area contributed by atoms with Gasteiger partial charge in [0.1, 0.15) is 12.4 Å². The first-order valence-corrected chi connectivity index (χ1v) is 14.0. The van der Waals surface area contributed by atoms with Crippen LogP contribution in [0.25, 0.3) is 11.1 Å². The van der Waals surface area contributed by atoms with Crippen molar-refractivity contribution in [3.63, 3.8) is 0 Å². The number of Topliss-reactive ketones (excluding diaryl/α,β-unsaturated/α-hetero) is 1. The van der Waals surface area contributed by atoms with Gasteiger partial charge in [-0.2, -0.15) is 18.3 Å². The number of alkyl halides is 3. The van der Waals surface area contributed by atoms with Gasteiger partial charge in [0, 0.05) is 24.9 Å². The number of H-pyrrole nitrogens is 1. The van der Waals surface area contributed by atoms with Crippen molar-refractivity contribution in [2.75, 3.05) is 0 Å². The predicted molar refractivity (Wildman–Crippen MR) is 148 cm³/mol. The number of carbonyl (C=O) groups is 3. The van der Waals surface area contributed by atoms with E-state index in [0.29, 0.717) is 12.0 Å². The molecule has 0 saturated heterocycles. The second-order valence-electron chi connectivity index (χ2n) is 10.3. The summed E-state index contributed by atoms with van der Waals surface area (Å²) >= 11 is 0. The monoisotopic (exact) mass is 585 g/mol. The molecule has 13 heteroatoms. The molecular weight excluding hydrogens is 551 g/mol. The van der Waals surface area contributed by atoms with Gasteiger partial charge in [-0.05, 0) is 42.0 Å². The highest BCUT2D eigenvalue weighted by molar-refractivity contribution is 6.38. The van der Waals surface area contributed by atoms with Gasteiger partial charge in [0.05, 0.1) is 12.1 Å². The quantitative estimate of drug-likeness (QED) is 0.225. The van der Waals surface area contributed by atoms with Crippen molar-refractivity contribution in [3.05, 3.63) is 66.5 Å². The molecule has 1 aliphatic rings. The Morgan fingerprint density at radius 2 is 1.79 bits per heavy atom. The van der Waals surface area contributed by atoms with E-state index in [-0.39, 0.29) is 30.3 Å². The van der Waals surface area contributed by atoms with E-state index in [1.807, 2.05) is 0 Å². The Bertz CT molecular complexity index is 1310. The zero-order chi connectivity index (χ0) is 30.1. The van der Waals surface area contributed by atoms with Crippen LogP contribution in [-0.2, 0) is 20.8 Å². The molecule has 1 saturated carbocycles. The molecule has 0 radical (unpaired) electrons. The lowest BCUT2D eigenvalue weighted by molar-refractivity contribution is -0.161. The van der Waals surface area contributed by atoms with Crippen LogP contribution in [0.2, 0.25) is 0 Å². The molecule has 3 atom stereocenters. The van der Waals surface area contributed by atoms with Crippen molar-refractivity contribution in [2.24, 2.45) is 0 Å². The summed E-state index contributed by atoms with van der Waals surface area (Å²) in [6.45, 7) is 1.78. The van der Waals surface area contributed by atoms with Gasteiger partial charge >= 0.3 is 6.18 Å². The third-order valence-electron chi connectivity index (χ3n) is 7.23. The minimum atomic E-state index is -4.77. The molecule has 1 aromatic carbocycles. The van der Waals surface area contributed by atoms with Crippen molar-refractivity contribution in [1.29, 1.82) is 0 Å². The minimum Gasteiger partial charge on any atom is -0.347 e. The Hall–Kier alpha value is -4.13. The lowest BCUT2D eigenvalue weighted by Crippen LogP contribution is -2.55. The van der Waals surface area contributed by atoms with E-state index in [1.165, 1.54) is 18.5 Å². The molecule has 2 amide bonds. The zero-order valence-electron chi connectivity index (χ0n) is 23.2. The average molecular weight is 586 g/mol. The number of pyridine rings is 1. The van der Waals surface area contributed by atoms with Gasteiger partial charge in [-0.25, -0.2) is 4.98 Å². The van der Waals surface area contributed by atoms with E-state index in [4.69, 9.17) is 0 Å². The van der Waals surface area contributed by atoms with E-state index in [0.717, 1.165) is 31.2 Å². The Morgan fingerprint density at radius 3 is 2.38 bits per heavy atom. The van der Waals surface area contributed by atoms with Crippen molar-refractivity contribution in [3.8, 4) is 11.1 Å². The van der Waals surface area contributed by atoms with Crippen LogP contribution in [0.1, 0.15) is 62.9 Å². The molecular formula is C29H34F3N7O3. The average Bonchev–Trinajstić information content (AvgIpc) is 3.69. The highest BCUT2D eigenvalue weighted by Gasteiger charge is 2.43. The van der Waals surface area contributed by atoms with Gasteiger partial charge in [-0.1, -0.05) is 56.5 Å². The summed E-state index contributed by atoms with van der Waals surface area (Å²) in [6.07, 6.45) is 3.45. The fourth-order valence-corrected chi connectivity index (χ4v) is 5.04. The summed E-state index contributed by atoms with van der Waals surface area (Å²) in [7, 11) is 0. The molecule has 4 rings (SSSR count). The molecule has 1 fully saturated rings. The molecule has 2 aromatic heterocycles. The summed E-state index contributed by atoms with van der Waals surface area (Å²) in [6, 6.07) is 4.31. The zero-order valence-corrected chi connectivity index (χ0v) is 23.2. The molecule has 0 unspecified atom stereocenters. The van der Waals surface area contributed by atoms with Crippen LogP contribution >= 0.6 is 0 Å². The number of nitrogens with zero attached hydrogens (tertiary/aromatic N) is 3. The summed E-state index contributed by atoms with van der Waals surface area (Å²) in [5.41, 5.74) is 1.31. The van der Waals surface area contributed by atoms with Crippen LogP contribution in [0.15, 0.2) is 55.1 Å². The number of ketones is 1. The number of aromatic nitrogens is 4. The van der Waals surface area contributed by atoms with Crippen molar-refractivity contribution in [1.82, 2.24) is 36.1 Å². The number of hydrogen-bond acceptors (Lipinski definition) is 7. The molecule has 224 valence electrons. The Morgan fingerprint density at radius 1 is 1.05 bits per heavy atom. The third-order valence-corrected chi connectivity index (χ3v) is 7.23. The topological polar surface area (TPSA) is 142 Å². The summed E-state index contributed by atoms with van der Waals surface area (Å²) < 4.78 is 43.2. The molecule has 1 aliphatic carbocycles. The number of amides is 2. The predicted octanol–water partition coefficient (Wildman–Crippen LogP) is 3.58. The molecule has 0 bridgehead atoms. The maximum Gasteiger partial charge on any atom is 0.407 e. The maximum atomic E-state index is 14.4.